The number of alkyl halides is 3. The maximum atomic E-state index is 11.7. The Hall–Kier alpha value is -1.13. The summed E-state index contributed by atoms with van der Waals surface area (Å²) in [7, 11) is 0. The van der Waals surface area contributed by atoms with Crippen LogP contribution in [-0.4, -0.2) is 16.4 Å². The first-order chi connectivity index (χ1) is 5.08. The molecule has 2 nitrogen and oxygen atoms in total. The summed E-state index contributed by atoms with van der Waals surface area (Å²) in [6.07, 6.45) is -2.76. The lowest BCUT2D eigenvalue weighted by Gasteiger charge is -2.03. The fourth-order valence-electron chi connectivity index (χ4n) is 0.654. The van der Waals surface area contributed by atoms with Crippen molar-refractivity contribution in [1.29, 1.82) is 0 Å². The first kappa shape index (κ1) is 7.97. The minimum atomic E-state index is -4.16. The molecular weight excluding hydrogens is 157 g/mol. The Balaban J connectivity index is 2.66. The molecule has 0 saturated carbocycles. The molecule has 0 fully saturated rings. The van der Waals surface area contributed by atoms with Gasteiger partial charge in [-0.25, -0.2) is 0 Å². The van der Waals surface area contributed by atoms with Gasteiger partial charge < -0.3 is 0 Å². The highest BCUT2D eigenvalue weighted by atomic mass is 19.4. The van der Waals surface area contributed by atoms with Gasteiger partial charge in [-0.1, -0.05) is 0 Å². The van der Waals surface area contributed by atoms with Crippen LogP contribution >= 0.6 is 0 Å². The number of rotatable bonds is 1. The molecule has 1 aromatic rings. The standard InChI is InChI=1S/C6H5F3N2/c7-6(8,9)3-5-1-2-10-11-4-5/h1-2,4H,3H2. The molecule has 0 aliphatic rings. The summed E-state index contributed by atoms with van der Waals surface area (Å²) in [6.45, 7) is 0. The van der Waals surface area contributed by atoms with Crippen molar-refractivity contribution in [3.8, 4) is 0 Å². The van der Waals surface area contributed by atoms with Crippen LogP contribution in [0.2, 0.25) is 0 Å². The van der Waals surface area contributed by atoms with Gasteiger partial charge in [0.05, 0.1) is 12.6 Å². The molecule has 0 N–H and O–H groups in total. The largest absolute Gasteiger partial charge is 0.393 e. The second kappa shape index (κ2) is 2.86. The summed E-state index contributed by atoms with van der Waals surface area (Å²) in [5.41, 5.74) is 0.132. The van der Waals surface area contributed by atoms with Crippen LogP contribution in [0.25, 0.3) is 0 Å². The number of nitrogens with zero attached hydrogens (tertiary/aromatic N) is 2. The third kappa shape index (κ3) is 2.97. The van der Waals surface area contributed by atoms with Crippen LogP contribution < -0.4 is 0 Å². The Morgan fingerprint density at radius 2 is 2.00 bits per heavy atom. The van der Waals surface area contributed by atoms with Crippen molar-refractivity contribution in [2.24, 2.45) is 0 Å². The third-order valence-corrected chi connectivity index (χ3v) is 1.05. The van der Waals surface area contributed by atoms with Crippen LogP contribution in [0.15, 0.2) is 18.5 Å². The van der Waals surface area contributed by atoms with Gasteiger partial charge in [-0.2, -0.15) is 23.4 Å². The first-order valence-electron chi connectivity index (χ1n) is 2.90. The number of halogens is 3. The third-order valence-electron chi connectivity index (χ3n) is 1.05. The van der Waals surface area contributed by atoms with Gasteiger partial charge >= 0.3 is 6.18 Å². The molecule has 0 aliphatic carbocycles. The van der Waals surface area contributed by atoms with Gasteiger partial charge in [0.15, 0.2) is 0 Å². The molecule has 0 atom stereocenters. The molecular formula is C6H5F3N2. The molecule has 0 bridgehead atoms. The Labute approximate surface area is 61.1 Å². The van der Waals surface area contributed by atoms with E-state index in [1.807, 2.05) is 0 Å². The zero-order valence-corrected chi connectivity index (χ0v) is 5.47. The van der Waals surface area contributed by atoms with E-state index in [2.05, 4.69) is 10.2 Å². The molecule has 1 heterocycles. The fourth-order valence-corrected chi connectivity index (χ4v) is 0.654. The fraction of sp³-hybridized carbons (Fsp3) is 0.333. The molecule has 60 valence electrons. The molecule has 0 spiro atoms. The SMILES string of the molecule is FC(F)(F)Cc1ccnnc1. The van der Waals surface area contributed by atoms with Gasteiger partial charge in [-0.3, -0.25) is 0 Å². The summed E-state index contributed by atoms with van der Waals surface area (Å²) in [5, 5.41) is 6.68. The lowest BCUT2D eigenvalue weighted by Crippen LogP contribution is -2.11. The van der Waals surface area contributed by atoms with Crippen molar-refractivity contribution in [2.45, 2.75) is 12.6 Å². The molecule has 0 unspecified atom stereocenters. The van der Waals surface area contributed by atoms with Crippen LogP contribution in [0, 0.1) is 0 Å². The zero-order valence-electron chi connectivity index (χ0n) is 5.47. The highest BCUT2D eigenvalue weighted by Gasteiger charge is 2.27. The predicted octanol–water partition coefficient (Wildman–Crippen LogP) is 1.58. The van der Waals surface area contributed by atoms with Gasteiger partial charge in [0.2, 0.25) is 0 Å². The summed E-state index contributed by atoms with van der Waals surface area (Å²) in [6, 6.07) is 1.29. The molecule has 11 heavy (non-hydrogen) atoms. The van der Waals surface area contributed by atoms with Crippen LogP contribution in [0.1, 0.15) is 5.56 Å². The van der Waals surface area contributed by atoms with Crippen molar-refractivity contribution in [3.05, 3.63) is 24.0 Å². The number of hydrogen-bond donors (Lipinski definition) is 0. The van der Waals surface area contributed by atoms with Crippen molar-refractivity contribution in [3.63, 3.8) is 0 Å². The molecule has 0 aliphatic heterocycles. The van der Waals surface area contributed by atoms with Gasteiger partial charge in [-0.05, 0) is 11.6 Å². The topological polar surface area (TPSA) is 25.8 Å². The summed E-state index contributed by atoms with van der Waals surface area (Å²) in [4.78, 5) is 0. The number of hydrogen-bond acceptors (Lipinski definition) is 2. The monoisotopic (exact) mass is 162 g/mol. The van der Waals surface area contributed by atoms with Gasteiger partial charge in [-0.15, -0.1) is 0 Å². The van der Waals surface area contributed by atoms with E-state index in [1.165, 1.54) is 12.3 Å². The predicted molar refractivity (Wildman–Crippen MR) is 31.8 cm³/mol. The van der Waals surface area contributed by atoms with Gasteiger partial charge in [0, 0.05) is 6.20 Å². The van der Waals surface area contributed by atoms with E-state index < -0.39 is 12.6 Å². The highest BCUT2D eigenvalue weighted by molar-refractivity contribution is 5.06. The van der Waals surface area contributed by atoms with E-state index >= 15 is 0 Å². The smallest absolute Gasteiger partial charge is 0.171 e. The van der Waals surface area contributed by atoms with Crippen molar-refractivity contribution in [2.75, 3.05) is 0 Å². The van der Waals surface area contributed by atoms with Gasteiger partial charge in [0.25, 0.3) is 0 Å². The van der Waals surface area contributed by atoms with E-state index in [9.17, 15) is 13.2 Å². The average molecular weight is 162 g/mol. The normalized spacial score (nSPS) is 11.5. The van der Waals surface area contributed by atoms with Crippen molar-refractivity contribution < 1.29 is 13.2 Å². The van der Waals surface area contributed by atoms with E-state index in [1.54, 1.807) is 0 Å². The lowest BCUT2D eigenvalue weighted by molar-refractivity contribution is -0.127. The average Bonchev–Trinajstić information content (AvgIpc) is 1.85. The first-order valence-corrected chi connectivity index (χ1v) is 2.90. The van der Waals surface area contributed by atoms with Crippen LogP contribution in [0.3, 0.4) is 0 Å². The highest BCUT2D eigenvalue weighted by Crippen LogP contribution is 2.19. The lowest BCUT2D eigenvalue weighted by atomic mass is 10.2. The molecule has 1 aromatic heterocycles. The molecule has 0 aromatic carbocycles. The van der Waals surface area contributed by atoms with Gasteiger partial charge in [0.1, 0.15) is 0 Å². The van der Waals surface area contributed by atoms with E-state index in [0.29, 0.717) is 0 Å². The Bertz CT molecular complexity index is 219. The Kier molecular flexibility index (Phi) is 2.07. The second-order valence-corrected chi connectivity index (χ2v) is 2.04. The zero-order chi connectivity index (χ0) is 8.32. The Morgan fingerprint density at radius 1 is 1.27 bits per heavy atom. The minimum absolute atomic E-state index is 0.132. The molecule has 0 radical (unpaired) electrons. The van der Waals surface area contributed by atoms with E-state index in [-0.39, 0.29) is 5.56 Å². The maximum Gasteiger partial charge on any atom is 0.393 e. The van der Waals surface area contributed by atoms with Crippen LogP contribution in [0.4, 0.5) is 13.2 Å². The van der Waals surface area contributed by atoms with Crippen LogP contribution in [0.5, 0.6) is 0 Å². The summed E-state index contributed by atoms with van der Waals surface area (Å²) in [5.74, 6) is 0. The van der Waals surface area contributed by atoms with Crippen LogP contribution in [-0.2, 0) is 6.42 Å². The minimum Gasteiger partial charge on any atom is -0.171 e. The second-order valence-electron chi connectivity index (χ2n) is 2.04. The quantitative estimate of drug-likeness (QED) is 0.626. The Morgan fingerprint density at radius 3 is 2.45 bits per heavy atom. The molecule has 0 saturated heterocycles. The molecule has 0 amide bonds. The van der Waals surface area contributed by atoms with Crippen molar-refractivity contribution in [1.82, 2.24) is 10.2 Å². The van der Waals surface area contributed by atoms with E-state index in [0.717, 1.165) is 6.20 Å². The molecule has 5 heteroatoms. The number of aromatic nitrogens is 2. The summed E-state index contributed by atoms with van der Waals surface area (Å²) < 4.78 is 35.1. The maximum absolute atomic E-state index is 11.7. The summed E-state index contributed by atoms with van der Waals surface area (Å²) >= 11 is 0. The van der Waals surface area contributed by atoms with E-state index in [4.69, 9.17) is 0 Å². The van der Waals surface area contributed by atoms with Crippen molar-refractivity contribution >= 4 is 0 Å². The molecule has 1 rings (SSSR count).